The van der Waals surface area contributed by atoms with Crippen molar-refractivity contribution in [1.29, 1.82) is 0 Å². The van der Waals surface area contributed by atoms with E-state index in [1.807, 2.05) is 12.3 Å². The van der Waals surface area contributed by atoms with Gasteiger partial charge in [-0.15, -0.1) is 0 Å². The molecule has 28 heavy (non-hydrogen) atoms. The molecule has 1 N–H and O–H groups in total. The average molecular weight is 394 g/mol. The van der Waals surface area contributed by atoms with Gasteiger partial charge in [0.25, 0.3) is 0 Å². The van der Waals surface area contributed by atoms with Gasteiger partial charge >= 0.3 is 0 Å². The van der Waals surface area contributed by atoms with E-state index in [2.05, 4.69) is 82.6 Å². The molecule has 2 aromatic carbocycles. The van der Waals surface area contributed by atoms with Crippen LogP contribution in [0, 0.1) is 4.77 Å². The molecule has 0 amide bonds. The van der Waals surface area contributed by atoms with Crippen molar-refractivity contribution in [3.05, 3.63) is 76.3 Å². The van der Waals surface area contributed by atoms with Crippen molar-refractivity contribution in [2.45, 2.75) is 39.7 Å². The van der Waals surface area contributed by atoms with Crippen molar-refractivity contribution in [2.24, 2.45) is 5.10 Å². The second-order valence-corrected chi connectivity index (χ2v) is 7.08. The first-order valence-corrected chi connectivity index (χ1v) is 10.2. The molecule has 0 atom stereocenters. The van der Waals surface area contributed by atoms with Crippen molar-refractivity contribution >= 4 is 24.1 Å². The zero-order chi connectivity index (χ0) is 19.8. The summed E-state index contributed by atoms with van der Waals surface area (Å²) in [4.78, 5) is 2.35. The maximum atomic E-state index is 5.30. The van der Waals surface area contributed by atoms with E-state index >= 15 is 0 Å². The van der Waals surface area contributed by atoms with E-state index in [4.69, 9.17) is 12.2 Å². The van der Waals surface area contributed by atoms with E-state index in [-0.39, 0.29) is 0 Å². The standard InChI is InChI=1S/C22H27N5S/c1-3-5-11-21-24-25-22(28)27(21)23-16-18-12-14-20(15-13-18)26(4-2)17-19-9-7-6-8-10-19/h6-10,12-16H,3-5,11,17H2,1-2H3,(H,25,28)/b23-16-. The van der Waals surface area contributed by atoms with Crippen molar-refractivity contribution < 1.29 is 0 Å². The zero-order valence-corrected chi connectivity index (χ0v) is 17.3. The van der Waals surface area contributed by atoms with Crippen molar-refractivity contribution in [3.8, 4) is 0 Å². The van der Waals surface area contributed by atoms with Gasteiger partial charge in [0.15, 0.2) is 5.82 Å². The molecular weight excluding hydrogens is 366 g/mol. The highest BCUT2D eigenvalue weighted by molar-refractivity contribution is 7.71. The van der Waals surface area contributed by atoms with Gasteiger partial charge in [0.2, 0.25) is 4.77 Å². The van der Waals surface area contributed by atoms with Crippen LogP contribution in [0.3, 0.4) is 0 Å². The topological polar surface area (TPSA) is 49.2 Å². The Bertz CT molecular complexity index is 941. The van der Waals surface area contributed by atoms with Crippen LogP contribution in [0.5, 0.6) is 0 Å². The first-order chi connectivity index (χ1) is 13.7. The van der Waals surface area contributed by atoms with E-state index in [9.17, 15) is 0 Å². The molecule has 0 aliphatic heterocycles. The number of benzene rings is 2. The summed E-state index contributed by atoms with van der Waals surface area (Å²) in [5.74, 6) is 0.875. The van der Waals surface area contributed by atoms with Gasteiger partial charge in [-0.3, -0.25) is 5.10 Å². The molecule has 3 rings (SSSR count). The van der Waals surface area contributed by atoms with Gasteiger partial charge in [-0.25, -0.2) is 0 Å². The number of rotatable bonds is 9. The minimum Gasteiger partial charge on any atom is -0.367 e. The number of hydrogen-bond acceptors (Lipinski definition) is 4. The molecule has 0 radical (unpaired) electrons. The fraction of sp³-hybridized carbons (Fsp3) is 0.318. The van der Waals surface area contributed by atoms with Crippen LogP contribution >= 0.6 is 12.2 Å². The lowest BCUT2D eigenvalue weighted by molar-refractivity contribution is 0.700. The summed E-state index contributed by atoms with van der Waals surface area (Å²) in [7, 11) is 0. The number of aryl methyl sites for hydroxylation is 1. The normalized spacial score (nSPS) is 11.2. The number of nitrogens with one attached hydrogen (secondary N) is 1. The summed E-state index contributed by atoms with van der Waals surface area (Å²) < 4.78 is 2.24. The lowest BCUT2D eigenvalue weighted by Crippen LogP contribution is -2.21. The molecule has 5 nitrogen and oxygen atoms in total. The third-order valence-corrected chi connectivity index (χ3v) is 4.91. The Balaban J connectivity index is 1.71. The van der Waals surface area contributed by atoms with E-state index in [1.165, 1.54) is 11.3 Å². The number of unbranched alkanes of at least 4 members (excludes halogenated alkanes) is 1. The van der Waals surface area contributed by atoms with Gasteiger partial charge in [0.05, 0.1) is 6.21 Å². The Morgan fingerprint density at radius 3 is 2.54 bits per heavy atom. The van der Waals surface area contributed by atoms with Gasteiger partial charge in [-0.2, -0.15) is 14.9 Å². The van der Waals surface area contributed by atoms with E-state index in [1.54, 1.807) is 4.68 Å². The maximum absolute atomic E-state index is 5.30. The number of hydrogen-bond donors (Lipinski definition) is 1. The molecule has 0 unspecified atom stereocenters. The molecule has 0 spiro atoms. The van der Waals surface area contributed by atoms with Crippen LogP contribution in [-0.2, 0) is 13.0 Å². The van der Waals surface area contributed by atoms with E-state index in [0.29, 0.717) is 4.77 Å². The molecule has 3 aromatic rings. The fourth-order valence-corrected chi connectivity index (χ4v) is 3.22. The molecule has 1 heterocycles. The highest BCUT2D eigenvalue weighted by Crippen LogP contribution is 2.17. The largest absolute Gasteiger partial charge is 0.367 e. The van der Waals surface area contributed by atoms with Gasteiger partial charge in [0, 0.05) is 25.2 Å². The van der Waals surface area contributed by atoms with Crippen molar-refractivity contribution in [2.75, 3.05) is 11.4 Å². The van der Waals surface area contributed by atoms with Gasteiger partial charge in [-0.1, -0.05) is 55.8 Å². The molecule has 1 aromatic heterocycles. The molecule has 0 saturated carbocycles. The lowest BCUT2D eigenvalue weighted by atomic mass is 10.1. The Labute approximate surface area is 171 Å². The minimum atomic E-state index is 0.527. The summed E-state index contributed by atoms with van der Waals surface area (Å²) in [6.45, 7) is 6.19. The van der Waals surface area contributed by atoms with Crippen molar-refractivity contribution in [1.82, 2.24) is 14.9 Å². The smallest absolute Gasteiger partial charge is 0.216 e. The summed E-state index contributed by atoms with van der Waals surface area (Å²) in [5, 5.41) is 11.6. The zero-order valence-electron chi connectivity index (χ0n) is 16.5. The van der Waals surface area contributed by atoms with Crippen molar-refractivity contribution in [3.63, 3.8) is 0 Å². The predicted molar refractivity (Wildman–Crippen MR) is 119 cm³/mol. The second kappa shape index (κ2) is 9.99. The molecule has 0 saturated heterocycles. The number of aromatic amines is 1. The van der Waals surface area contributed by atoms with Gasteiger partial charge in [0.1, 0.15) is 0 Å². The van der Waals surface area contributed by atoms with Crippen LogP contribution in [0.2, 0.25) is 0 Å². The molecule has 146 valence electrons. The quantitative estimate of drug-likeness (QED) is 0.402. The number of anilines is 1. The molecule has 0 aliphatic rings. The molecule has 0 aliphatic carbocycles. The van der Waals surface area contributed by atoms with Gasteiger partial charge < -0.3 is 4.90 Å². The Morgan fingerprint density at radius 2 is 1.86 bits per heavy atom. The van der Waals surface area contributed by atoms with E-state index < -0.39 is 0 Å². The summed E-state index contributed by atoms with van der Waals surface area (Å²) in [5.41, 5.74) is 3.54. The summed E-state index contributed by atoms with van der Waals surface area (Å²) >= 11 is 5.30. The second-order valence-electron chi connectivity index (χ2n) is 6.70. The Morgan fingerprint density at radius 1 is 1.11 bits per heavy atom. The molecular formula is C22H27N5S. The molecule has 0 fully saturated rings. The SMILES string of the molecule is CCCCc1n[nH]c(=S)n1/N=C\c1ccc(N(CC)Cc2ccccc2)cc1. The van der Waals surface area contributed by atoms with Crippen LogP contribution in [0.25, 0.3) is 0 Å². The third-order valence-electron chi connectivity index (χ3n) is 4.65. The van der Waals surface area contributed by atoms with Crippen LogP contribution < -0.4 is 4.90 Å². The predicted octanol–water partition coefficient (Wildman–Crippen LogP) is 5.19. The number of aromatic nitrogens is 3. The Kier molecular flexibility index (Phi) is 7.14. The molecule has 0 bridgehead atoms. The van der Waals surface area contributed by atoms with E-state index in [0.717, 1.165) is 43.7 Å². The third kappa shape index (κ3) is 5.16. The van der Waals surface area contributed by atoms with Crippen LogP contribution in [0.1, 0.15) is 43.6 Å². The first-order valence-electron chi connectivity index (χ1n) is 9.80. The van der Waals surface area contributed by atoms with Gasteiger partial charge in [-0.05, 0) is 48.8 Å². The lowest BCUT2D eigenvalue weighted by Gasteiger charge is -2.23. The number of nitrogens with zero attached hydrogens (tertiary/aromatic N) is 4. The minimum absolute atomic E-state index is 0.527. The maximum Gasteiger partial charge on any atom is 0.216 e. The van der Waals surface area contributed by atoms with Crippen LogP contribution in [-0.4, -0.2) is 27.6 Å². The average Bonchev–Trinajstić information content (AvgIpc) is 3.09. The summed E-state index contributed by atoms with van der Waals surface area (Å²) in [6, 6.07) is 19.0. The molecule has 6 heteroatoms. The number of H-pyrrole nitrogens is 1. The fourth-order valence-electron chi connectivity index (χ4n) is 3.03. The van der Waals surface area contributed by atoms with Crippen LogP contribution in [0.15, 0.2) is 59.7 Å². The first kappa shape index (κ1) is 20.0. The highest BCUT2D eigenvalue weighted by Gasteiger charge is 2.06. The monoisotopic (exact) mass is 393 g/mol. The van der Waals surface area contributed by atoms with Crippen LogP contribution in [0.4, 0.5) is 5.69 Å². The highest BCUT2D eigenvalue weighted by atomic mass is 32.1. The Hall–Kier alpha value is -2.73. The summed E-state index contributed by atoms with van der Waals surface area (Å²) in [6.07, 6.45) is 4.88.